The van der Waals surface area contributed by atoms with Crippen LogP contribution in [0.15, 0.2) is 48.5 Å². The number of aromatic nitrogens is 2. The number of carboxylic acids is 1. The third-order valence-corrected chi connectivity index (χ3v) is 5.02. The molecule has 3 aromatic rings. The SMILES string of the molecule is CCCC(=O)Oc1ccc(CC(C(=O)O)c2[nH]c(-c3ccccc3)nc2Cl)cc1C. The highest BCUT2D eigenvalue weighted by Crippen LogP contribution is 2.30. The van der Waals surface area contributed by atoms with E-state index >= 15 is 0 Å². The molecule has 0 aliphatic rings. The van der Waals surface area contributed by atoms with Crippen LogP contribution in [0.1, 0.15) is 42.5 Å². The molecule has 30 heavy (non-hydrogen) atoms. The summed E-state index contributed by atoms with van der Waals surface area (Å²) >= 11 is 6.28. The lowest BCUT2D eigenvalue weighted by Crippen LogP contribution is -2.15. The number of carboxylic acid groups (broad SMARTS) is 1. The molecule has 1 unspecified atom stereocenters. The van der Waals surface area contributed by atoms with Crippen molar-refractivity contribution in [1.82, 2.24) is 9.97 Å². The fourth-order valence-corrected chi connectivity index (χ4v) is 3.47. The molecule has 156 valence electrons. The Morgan fingerprint density at radius 2 is 1.93 bits per heavy atom. The molecule has 0 aliphatic heterocycles. The molecule has 3 rings (SSSR count). The zero-order valence-corrected chi connectivity index (χ0v) is 17.6. The van der Waals surface area contributed by atoms with Gasteiger partial charge in [0.05, 0.1) is 5.69 Å². The number of ether oxygens (including phenoxy) is 1. The maximum atomic E-state index is 12.0. The maximum absolute atomic E-state index is 12.0. The minimum Gasteiger partial charge on any atom is -0.481 e. The molecule has 0 spiro atoms. The molecule has 0 saturated carbocycles. The Balaban J connectivity index is 1.83. The van der Waals surface area contributed by atoms with E-state index in [4.69, 9.17) is 16.3 Å². The van der Waals surface area contributed by atoms with Crippen molar-refractivity contribution in [2.24, 2.45) is 0 Å². The Bertz CT molecular complexity index is 1050. The zero-order valence-electron chi connectivity index (χ0n) is 16.8. The second-order valence-corrected chi connectivity index (χ2v) is 7.43. The molecule has 2 N–H and O–H groups in total. The van der Waals surface area contributed by atoms with Gasteiger partial charge in [0.2, 0.25) is 0 Å². The second kappa shape index (κ2) is 9.59. The van der Waals surface area contributed by atoms with Crippen molar-refractivity contribution in [1.29, 1.82) is 0 Å². The molecule has 7 heteroatoms. The number of carbonyl (C=O) groups is 2. The molecule has 0 radical (unpaired) electrons. The number of aryl methyl sites for hydroxylation is 1. The van der Waals surface area contributed by atoms with Gasteiger partial charge in [-0.15, -0.1) is 0 Å². The summed E-state index contributed by atoms with van der Waals surface area (Å²) in [6, 6.07) is 14.7. The molecule has 1 heterocycles. The third-order valence-electron chi connectivity index (χ3n) is 4.74. The summed E-state index contributed by atoms with van der Waals surface area (Å²) < 4.78 is 5.36. The van der Waals surface area contributed by atoms with Crippen LogP contribution in [0.5, 0.6) is 5.75 Å². The Morgan fingerprint density at radius 3 is 2.57 bits per heavy atom. The van der Waals surface area contributed by atoms with Gasteiger partial charge in [0, 0.05) is 12.0 Å². The summed E-state index contributed by atoms with van der Waals surface area (Å²) in [5, 5.41) is 9.96. The predicted octanol–water partition coefficient (Wildman–Crippen LogP) is 5.15. The van der Waals surface area contributed by atoms with E-state index in [-0.39, 0.29) is 17.5 Å². The summed E-state index contributed by atoms with van der Waals surface area (Å²) in [6.07, 6.45) is 1.28. The van der Waals surface area contributed by atoms with Gasteiger partial charge >= 0.3 is 11.9 Å². The van der Waals surface area contributed by atoms with E-state index in [2.05, 4.69) is 9.97 Å². The topological polar surface area (TPSA) is 92.3 Å². The highest BCUT2D eigenvalue weighted by molar-refractivity contribution is 6.30. The van der Waals surface area contributed by atoms with E-state index in [0.29, 0.717) is 30.1 Å². The lowest BCUT2D eigenvalue weighted by atomic mass is 9.95. The van der Waals surface area contributed by atoms with Gasteiger partial charge in [-0.25, -0.2) is 4.98 Å². The largest absolute Gasteiger partial charge is 0.481 e. The highest BCUT2D eigenvalue weighted by atomic mass is 35.5. The first kappa shape index (κ1) is 21.6. The first-order chi connectivity index (χ1) is 14.4. The van der Waals surface area contributed by atoms with Crippen molar-refractivity contribution in [3.05, 3.63) is 70.5 Å². The van der Waals surface area contributed by atoms with E-state index in [1.807, 2.05) is 50.2 Å². The fraction of sp³-hybridized carbons (Fsp3) is 0.261. The molecular formula is C23H23ClN2O4. The Hall–Kier alpha value is -3.12. The number of aromatic amines is 1. The molecule has 0 amide bonds. The Morgan fingerprint density at radius 1 is 1.20 bits per heavy atom. The summed E-state index contributed by atoms with van der Waals surface area (Å²) in [5.41, 5.74) is 2.74. The molecule has 1 atom stereocenters. The van der Waals surface area contributed by atoms with Crippen molar-refractivity contribution in [2.45, 2.75) is 39.0 Å². The monoisotopic (exact) mass is 426 g/mol. The van der Waals surface area contributed by atoms with Crippen LogP contribution in [0, 0.1) is 6.92 Å². The molecule has 0 saturated heterocycles. The first-order valence-electron chi connectivity index (χ1n) is 9.72. The van der Waals surface area contributed by atoms with E-state index < -0.39 is 11.9 Å². The van der Waals surface area contributed by atoms with Crippen LogP contribution in [-0.2, 0) is 16.0 Å². The van der Waals surface area contributed by atoms with Gasteiger partial charge in [0.1, 0.15) is 17.5 Å². The fourth-order valence-electron chi connectivity index (χ4n) is 3.21. The predicted molar refractivity (Wildman–Crippen MR) is 115 cm³/mol. The minimum atomic E-state index is -1.00. The van der Waals surface area contributed by atoms with Crippen LogP contribution >= 0.6 is 11.6 Å². The van der Waals surface area contributed by atoms with Crippen molar-refractivity contribution < 1.29 is 19.4 Å². The number of H-pyrrole nitrogens is 1. The van der Waals surface area contributed by atoms with Crippen LogP contribution in [0.2, 0.25) is 5.15 Å². The zero-order chi connectivity index (χ0) is 21.7. The number of carbonyl (C=O) groups excluding carboxylic acids is 1. The number of imidazole rings is 1. The lowest BCUT2D eigenvalue weighted by Gasteiger charge is -2.13. The molecule has 0 aliphatic carbocycles. The normalized spacial score (nSPS) is 11.8. The van der Waals surface area contributed by atoms with Crippen molar-refractivity contribution in [2.75, 3.05) is 0 Å². The van der Waals surface area contributed by atoms with Crippen LogP contribution in [0.3, 0.4) is 0 Å². The molecule has 0 bridgehead atoms. The summed E-state index contributed by atoms with van der Waals surface area (Å²) in [4.78, 5) is 31.1. The van der Waals surface area contributed by atoms with Crippen molar-refractivity contribution in [3.63, 3.8) is 0 Å². The minimum absolute atomic E-state index is 0.142. The summed E-state index contributed by atoms with van der Waals surface area (Å²) in [7, 11) is 0. The van der Waals surface area contributed by atoms with E-state index in [9.17, 15) is 14.7 Å². The Labute approximate surface area is 179 Å². The smallest absolute Gasteiger partial charge is 0.312 e. The number of nitrogens with one attached hydrogen (secondary N) is 1. The van der Waals surface area contributed by atoms with E-state index in [0.717, 1.165) is 16.7 Å². The number of nitrogens with zero attached hydrogens (tertiary/aromatic N) is 1. The van der Waals surface area contributed by atoms with Crippen LogP contribution in [0.4, 0.5) is 0 Å². The molecule has 2 aromatic carbocycles. The number of rotatable bonds is 8. The van der Waals surface area contributed by atoms with Gasteiger partial charge in [0.25, 0.3) is 0 Å². The third kappa shape index (κ3) is 5.07. The first-order valence-corrected chi connectivity index (χ1v) is 10.1. The van der Waals surface area contributed by atoms with Crippen molar-refractivity contribution in [3.8, 4) is 17.1 Å². The van der Waals surface area contributed by atoms with Crippen LogP contribution < -0.4 is 4.74 Å². The molecule has 1 aromatic heterocycles. The van der Waals surface area contributed by atoms with Gasteiger partial charge in [-0.2, -0.15) is 0 Å². The van der Waals surface area contributed by atoms with Gasteiger partial charge in [0.15, 0.2) is 5.15 Å². The maximum Gasteiger partial charge on any atom is 0.312 e. The average molecular weight is 427 g/mol. The Kier molecular flexibility index (Phi) is 6.90. The molecule has 0 fully saturated rings. The van der Waals surface area contributed by atoms with E-state index in [1.165, 1.54) is 0 Å². The summed E-state index contributed by atoms with van der Waals surface area (Å²) in [6.45, 7) is 3.73. The molecule has 6 nitrogen and oxygen atoms in total. The van der Waals surface area contributed by atoms with Gasteiger partial charge in [-0.05, 0) is 37.0 Å². The van der Waals surface area contributed by atoms with E-state index in [1.54, 1.807) is 12.1 Å². The van der Waals surface area contributed by atoms with Gasteiger partial charge in [-0.1, -0.05) is 61.0 Å². The number of esters is 1. The lowest BCUT2D eigenvalue weighted by molar-refractivity contribution is -0.139. The molecular weight excluding hydrogens is 404 g/mol. The average Bonchev–Trinajstić information content (AvgIpc) is 3.10. The summed E-state index contributed by atoms with van der Waals surface area (Å²) in [5.74, 6) is -1.17. The van der Waals surface area contributed by atoms with Gasteiger partial charge in [-0.3, -0.25) is 9.59 Å². The number of hydrogen-bond acceptors (Lipinski definition) is 4. The number of hydrogen-bond donors (Lipinski definition) is 2. The quantitative estimate of drug-likeness (QED) is 0.383. The highest BCUT2D eigenvalue weighted by Gasteiger charge is 2.26. The number of halogens is 1. The number of benzene rings is 2. The van der Waals surface area contributed by atoms with Crippen LogP contribution in [0.25, 0.3) is 11.4 Å². The standard InChI is InChI=1S/C23H23ClN2O4/c1-3-7-19(27)30-18-11-10-15(12-14(18)2)13-17(23(28)29)20-21(24)26-22(25-20)16-8-5-4-6-9-16/h4-6,8-12,17H,3,7,13H2,1-2H3,(H,25,26)(H,28,29). The second-order valence-electron chi connectivity index (χ2n) is 7.07. The number of aliphatic carboxylic acids is 1. The van der Waals surface area contributed by atoms with Gasteiger partial charge < -0.3 is 14.8 Å². The van der Waals surface area contributed by atoms with Crippen LogP contribution in [-0.4, -0.2) is 27.0 Å². The van der Waals surface area contributed by atoms with Crippen molar-refractivity contribution >= 4 is 23.5 Å².